The molecule has 0 aliphatic carbocycles. The molecule has 2 heterocycles. The number of rotatable bonds is 1. The molecule has 118 valence electrons. The van der Waals surface area contributed by atoms with Crippen LogP contribution in [0.1, 0.15) is 45.7 Å². The molecule has 0 atom stereocenters. The highest BCUT2D eigenvalue weighted by Crippen LogP contribution is 2.37. The van der Waals surface area contributed by atoms with Crippen molar-refractivity contribution < 1.29 is 14.1 Å². The average molecular weight is 301 g/mol. The lowest BCUT2D eigenvalue weighted by molar-refractivity contribution is -0.129. The fourth-order valence-electron chi connectivity index (χ4n) is 3.10. The number of hydrogen-bond donors (Lipinski definition) is 0. The van der Waals surface area contributed by atoms with E-state index in [1.807, 2.05) is 11.0 Å². The van der Waals surface area contributed by atoms with Crippen LogP contribution in [0.2, 0.25) is 0 Å². The Hall–Kier alpha value is -1.33. The van der Waals surface area contributed by atoms with E-state index < -0.39 is 0 Å². The van der Waals surface area contributed by atoms with Crippen molar-refractivity contribution in [1.29, 1.82) is 0 Å². The van der Waals surface area contributed by atoms with Crippen molar-refractivity contribution in [3.05, 3.63) is 29.3 Å². The zero-order valence-electron chi connectivity index (χ0n) is 14.1. The van der Waals surface area contributed by atoms with Gasteiger partial charge in [0.25, 0.3) is 0 Å². The van der Waals surface area contributed by atoms with E-state index >= 15 is 0 Å². The molecule has 1 saturated heterocycles. The van der Waals surface area contributed by atoms with Crippen molar-refractivity contribution in [2.75, 3.05) is 6.54 Å². The minimum absolute atomic E-state index is 0.131. The molecule has 0 N–H and O–H groups in total. The van der Waals surface area contributed by atoms with Gasteiger partial charge in [0, 0.05) is 20.0 Å². The highest BCUT2D eigenvalue weighted by Gasteiger charge is 2.52. The lowest BCUT2D eigenvalue weighted by atomic mass is 9.73. The van der Waals surface area contributed by atoms with Crippen LogP contribution in [0.3, 0.4) is 0 Å². The molecular weight excluding hydrogens is 277 g/mol. The third-order valence-electron chi connectivity index (χ3n) is 5.25. The number of fused-ring (bicyclic) bond motifs is 1. The van der Waals surface area contributed by atoms with Crippen LogP contribution >= 0.6 is 0 Å². The van der Waals surface area contributed by atoms with E-state index in [1.54, 1.807) is 6.92 Å². The van der Waals surface area contributed by atoms with E-state index in [9.17, 15) is 4.79 Å². The van der Waals surface area contributed by atoms with Crippen LogP contribution < -0.4 is 5.46 Å². The summed E-state index contributed by atoms with van der Waals surface area (Å²) >= 11 is 0. The van der Waals surface area contributed by atoms with E-state index in [1.165, 1.54) is 11.1 Å². The van der Waals surface area contributed by atoms with Gasteiger partial charge in [-0.1, -0.05) is 18.2 Å². The molecule has 22 heavy (non-hydrogen) atoms. The molecule has 1 aromatic rings. The molecule has 1 aromatic carbocycles. The minimum Gasteiger partial charge on any atom is -0.399 e. The van der Waals surface area contributed by atoms with Crippen LogP contribution in [0.25, 0.3) is 0 Å². The first-order chi connectivity index (χ1) is 10.2. The minimum atomic E-state index is -0.333. The number of carbonyl (C=O) groups excluding carboxylic acids is 1. The molecule has 0 saturated carbocycles. The van der Waals surface area contributed by atoms with E-state index in [-0.39, 0.29) is 24.2 Å². The van der Waals surface area contributed by atoms with Crippen LogP contribution in [-0.4, -0.2) is 35.7 Å². The first kappa shape index (κ1) is 15.6. The monoisotopic (exact) mass is 301 g/mol. The number of hydrogen-bond acceptors (Lipinski definition) is 3. The van der Waals surface area contributed by atoms with Gasteiger partial charge in [0.2, 0.25) is 5.91 Å². The number of benzene rings is 1. The lowest BCUT2D eigenvalue weighted by Crippen LogP contribution is -2.42. The summed E-state index contributed by atoms with van der Waals surface area (Å²) in [7, 11) is -0.330. The number of carbonyl (C=O) groups is 1. The standard InChI is InChI=1S/C17H24BNO3/c1-12(20)19-10-9-14-13(11-19)7-6-8-15(14)18-21-16(2,3)17(4,5)22-18/h6-8H,9-11H2,1-5H3. The Morgan fingerprint density at radius 2 is 1.82 bits per heavy atom. The molecule has 4 nitrogen and oxygen atoms in total. The van der Waals surface area contributed by atoms with Gasteiger partial charge in [-0.15, -0.1) is 0 Å². The predicted octanol–water partition coefficient (Wildman–Crippen LogP) is 1.89. The normalized spacial score (nSPS) is 22.6. The summed E-state index contributed by atoms with van der Waals surface area (Å²) in [4.78, 5) is 13.5. The Labute approximate surface area is 132 Å². The first-order valence-electron chi connectivity index (χ1n) is 7.93. The van der Waals surface area contributed by atoms with Gasteiger partial charge < -0.3 is 14.2 Å². The molecule has 0 unspecified atom stereocenters. The van der Waals surface area contributed by atoms with Gasteiger partial charge in [0.05, 0.1) is 11.2 Å². The van der Waals surface area contributed by atoms with Gasteiger partial charge in [-0.05, 0) is 50.7 Å². The van der Waals surface area contributed by atoms with E-state index in [2.05, 4.69) is 39.8 Å². The van der Waals surface area contributed by atoms with Crippen LogP contribution in [0.15, 0.2) is 18.2 Å². The zero-order valence-corrected chi connectivity index (χ0v) is 14.1. The van der Waals surface area contributed by atoms with Crippen molar-refractivity contribution in [2.45, 2.75) is 58.8 Å². The highest BCUT2D eigenvalue weighted by atomic mass is 16.7. The Balaban J connectivity index is 1.92. The Bertz CT molecular complexity index is 596. The second kappa shape index (κ2) is 5.10. The molecule has 1 amide bonds. The SMILES string of the molecule is CC(=O)N1CCc2c(cccc2B2OC(C)(C)C(C)(C)O2)C1. The maximum Gasteiger partial charge on any atom is 0.495 e. The molecule has 3 rings (SSSR count). The van der Waals surface area contributed by atoms with Gasteiger partial charge in [-0.25, -0.2) is 0 Å². The molecule has 5 heteroatoms. The van der Waals surface area contributed by atoms with Crippen LogP contribution in [0.5, 0.6) is 0 Å². The first-order valence-corrected chi connectivity index (χ1v) is 7.93. The predicted molar refractivity (Wildman–Crippen MR) is 87.0 cm³/mol. The van der Waals surface area contributed by atoms with Gasteiger partial charge in [-0.2, -0.15) is 0 Å². The third kappa shape index (κ3) is 2.46. The maximum atomic E-state index is 11.6. The summed E-state index contributed by atoms with van der Waals surface area (Å²) in [5, 5.41) is 0. The van der Waals surface area contributed by atoms with Gasteiger partial charge in [0.1, 0.15) is 0 Å². The summed E-state index contributed by atoms with van der Waals surface area (Å²) in [5.41, 5.74) is 2.92. The Morgan fingerprint density at radius 1 is 1.18 bits per heavy atom. The van der Waals surface area contributed by atoms with Crippen LogP contribution in [0, 0.1) is 0 Å². The second-order valence-electron chi connectivity index (χ2n) is 7.26. The molecule has 2 aliphatic rings. The van der Waals surface area contributed by atoms with Gasteiger partial charge in [0.15, 0.2) is 0 Å². The summed E-state index contributed by atoms with van der Waals surface area (Å²) in [6.07, 6.45) is 0.856. The van der Waals surface area contributed by atoms with E-state index in [0.29, 0.717) is 6.54 Å². The van der Waals surface area contributed by atoms with Gasteiger partial charge >= 0.3 is 7.12 Å². The summed E-state index contributed by atoms with van der Waals surface area (Å²) in [6, 6.07) is 6.21. The molecular formula is C17H24BNO3. The van der Waals surface area contributed by atoms with E-state index in [0.717, 1.165) is 18.4 Å². The Morgan fingerprint density at radius 3 is 2.41 bits per heavy atom. The molecule has 0 bridgehead atoms. The van der Waals surface area contributed by atoms with Crippen molar-refractivity contribution >= 4 is 18.5 Å². The van der Waals surface area contributed by atoms with Crippen LogP contribution in [-0.2, 0) is 27.1 Å². The Kier molecular flexibility index (Phi) is 3.61. The molecule has 0 radical (unpaired) electrons. The number of nitrogens with zero attached hydrogens (tertiary/aromatic N) is 1. The fourth-order valence-corrected chi connectivity index (χ4v) is 3.10. The fraction of sp³-hybridized carbons (Fsp3) is 0.588. The molecule has 0 aromatic heterocycles. The third-order valence-corrected chi connectivity index (χ3v) is 5.25. The van der Waals surface area contributed by atoms with Crippen molar-refractivity contribution in [3.8, 4) is 0 Å². The summed E-state index contributed by atoms with van der Waals surface area (Å²) in [5.74, 6) is 0.131. The van der Waals surface area contributed by atoms with Crippen molar-refractivity contribution in [3.63, 3.8) is 0 Å². The maximum absolute atomic E-state index is 11.6. The summed E-state index contributed by atoms with van der Waals surface area (Å²) in [6.45, 7) is 11.3. The number of amides is 1. The van der Waals surface area contributed by atoms with Gasteiger partial charge in [-0.3, -0.25) is 4.79 Å². The molecule has 2 aliphatic heterocycles. The highest BCUT2D eigenvalue weighted by molar-refractivity contribution is 6.62. The van der Waals surface area contributed by atoms with Crippen molar-refractivity contribution in [2.24, 2.45) is 0 Å². The smallest absolute Gasteiger partial charge is 0.399 e. The van der Waals surface area contributed by atoms with Crippen molar-refractivity contribution in [1.82, 2.24) is 4.90 Å². The lowest BCUT2D eigenvalue weighted by Gasteiger charge is -2.32. The second-order valence-corrected chi connectivity index (χ2v) is 7.26. The molecule has 1 fully saturated rings. The topological polar surface area (TPSA) is 38.8 Å². The largest absolute Gasteiger partial charge is 0.495 e. The molecule has 0 spiro atoms. The van der Waals surface area contributed by atoms with Crippen LogP contribution in [0.4, 0.5) is 0 Å². The van der Waals surface area contributed by atoms with E-state index in [4.69, 9.17) is 9.31 Å². The average Bonchev–Trinajstić information content (AvgIpc) is 2.66. The zero-order chi connectivity index (χ0) is 16.1. The quantitative estimate of drug-likeness (QED) is 0.744. The summed E-state index contributed by atoms with van der Waals surface area (Å²) < 4.78 is 12.4.